The molecule has 0 amide bonds. The third-order valence-electron chi connectivity index (χ3n) is 3.12. The molecule has 0 saturated carbocycles. The lowest BCUT2D eigenvalue weighted by molar-refractivity contribution is 0.0968. The van der Waals surface area contributed by atoms with E-state index in [-0.39, 0.29) is 0 Å². The van der Waals surface area contributed by atoms with Crippen LogP contribution in [0.25, 0.3) is 0 Å². The fourth-order valence-electron chi connectivity index (χ4n) is 2.43. The smallest absolute Gasteiger partial charge is 0.179 e. The lowest BCUT2D eigenvalue weighted by atomic mass is 9.92. The van der Waals surface area contributed by atoms with E-state index in [0.717, 1.165) is 37.8 Å². The average molecular weight is 191 g/mol. The minimum Gasteiger partial charge on any atom is -0.356 e. The number of H-pyrrole nitrogens is 1. The van der Waals surface area contributed by atoms with Crippen molar-refractivity contribution in [3.05, 3.63) is 22.5 Å². The van der Waals surface area contributed by atoms with Gasteiger partial charge in [0.25, 0.3) is 0 Å². The minimum atomic E-state index is 0.306. The predicted molar refractivity (Wildman–Crippen MR) is 56.8 cm³/mol. The first-order valence-corrected chi connectivity index (χ1v) is 5.53. The van der Waals surface area contributed by atoms with Gasteiger partial charge in [-0.2, -0.15) is 0 Å². The first-order valence-electron chi connectivity index (χ1n) is 5.53. The molecule has 0 aromatic carbocycles. The first-order chi connectivity index (χ1) is 6.77. The lowest BCUT2D eigenvalue weighted by Gasteiger charge is -2.10. The van der Waals surface area contributed by atoms with Crippen LogP contribution in [0.2, 0.25) is 0 Å². The molecule has 1 aromatic heterocycles. The molecule has 0 aliphatic heterocycles. The van der Waals surface area contributed by atoms with Gasteiger partial charge in [0, 0.05) is 12.1 Å². The number of rotatable bonds is 2. The van der Waals surface area contributed by atoms with Gasteiger partial charge in [-0.15, -0.1) is 0 Å². The highest BCUT2D eigenvalue weighted by Gasteiger charge is 2.23. The molecule has 0 atom stereocenters. The number of hydrogen-bond donors (Lipinski definition) is 1. The van der Waals surface area contributed by atoms with Crippen molar-refractivity contribution in [1.29, 1.82) is 0 Å². The van der Waals surface area contributed by atoms with Crippen LogP contribution in [-0.4, -0.2) is 10.8 Å². The molecule has 1 N–H and O–H groups in total. The largest absolute Gasteiger partial charge is 0.356 e. The van der Waals surface area contributed by atoms with Crippen LogP contribution >= 0.6 is 0 Å². The summed E-state index contributed by atoms with van der Waals surface area (Å²) >= 11 is 0. The zero-order valence-electron chi connectivity index (χ0n) is 8.94. The van der Waals surface area contributed by atoms with Crippen molar-refractivity contribution in [3.8, 4) is 0 Å². The Balaban J connectivity index is 2.54. The second-order valence-corrected chi connectivity index (χ2v) is 3.92. The van der Waals surface area contributed by atoms with Crippen molar-refractivity contribution in [1.82, 2.24) is 4.98 Å². The number of hydrogen-bond acceptors (Lipinski definition) is 1. The molecule has 76 valence electrons. The van der Waals surface area contributed by atoms with Gasteiger partial charge in [0.15, 0.2) is 5.78 Å². The van der Waals surface area contributed by atoms with E-state index in [9.17, 15) is 4.79 Å². The molecule has 2 heteroatoms. The Hall–Kier alpha value is -1.05. The average Bonchev–Trinajstić information content (AvgIpc) is 2.57. The standard InChI is InChI=1S/C12H17NO/c1-3-8-9-6-5-7-11(14)12(9)13-10(8)4-2/h13H,3-7H2,1-2H3. The van der Waals surface area contributed by atoms with Gasteiger partial charge < -0.3 is 4.98 Å². The summed E-state index contributed by atoms with van der Waals surface area (Å²) in [6.07, 6.45) is 4.88. The number of carbonyl (C=O) groups is 1. The maximum absolute atomic E-state index is 11.7. The Morgan fingerprint density at radius 1 is 1.21 bits per heavy atom. The van der Waals surface area contributed by atoms with Crippen molar-refractivity contribution in [2.24, 2.45) is 0 Å². The van der Waals surface area contributed by atoms with Gasteiger partial charge in [-0.25, -0.2) is 0 Å². The summed E-state index contributed by atoms with van der Waals surface area (Å²) in [5.41, 5.74) is 4.88. The molecule has 2 nitrogen and oxygen atoms in total. The number of carbonyl (C=O) groups excluding carboxylic acids is 1. The topological polar surface area (TPSA) is 32.9 Å². The van der Waals surface area contributed by atoms with Crippen LogP contribution in [-0.2, 0) is 19.3 Å². The summed E-state index contributed by atoms with van der Waals surface area (Å²) in [5, 5.41) is 0. The summed E-state index contributed by atoms with van der Waals surface area (Å²) in [7, 11) is 0. The van der Waals surface area contributed by atoms with Gasteiger partial charge in [-0.05, 0) is 36.8 Å². The fraction of sp³-hybridized carbons (Fsp3) is 0.583. The second-order valence-electron chi connectivity index (χ2n) is 3.92. The highest BCUT2D eigenvalue weighted by Crippen LogP contribution is 2.27. The number of aromatic amines is 1. The number of aromatic nitrogens is 1. The molecule has 0 unspecified atom stereocenters. The van der Waals surface area contributed by atoms with E-state index < -0.39 is 0 Å². The summed E-state index contributed by atoms with van der Waals surface area (Å²) in [6, 6.07) is 0. The SMILES string of the molecule is CCc1[nH]c2c(c1CC)CCCC2=O. The van der Waals surface area contributed by atoms with Gasteiger partial charge in [-0.3, -0.25) is 4.79 Å². The van der Waals surface area contributed by atoms with Crippen LogP contribution in [0.15, 0.2) is 0 Å². The molecule has 14 heavy (non-hydrogen) atoms. The van der Waals surface area contributed by atoms with E-state index in [4.69, 9.17) is 0 Å². The molecule has 0 spiro atoms. The van der Waals surface area contributed by atoms with Crippen LogP contribution in [0.5, 0.6) is 0 Å². The maximum atomic E-state index is 11.7. The van der Waals surface area contributed by atoms with Crippen LogP contribution in [0.4, 0.5) is 0 Å². The maximum Gasteiger partial charge on any atom is 0.179 e. The summed E-state index contributed by atoms with van der Waals surface area (Å²) in [6.45, 7) is 4.31. The predicted octanol–water partition coefficient (Wildman–Crippen LogP) is 2.66. The van der Waals surface area contributed by atoms with Gasteiger partial charge >= 0.3 is 0 Å². The number of aryl methyl sites for hydroxylation is 1. The molecule has 1 aromatic rings. The highest BCUT2D eigenvalue weighted by molar-refractivity contribution is 5.97. The Morgan fingerprint density at radius 2 is 2.00 bits per heavy atom. The minimum absolute atomic E-state index is 0.306. The summed E-state index contributed by atoms with van der Waals surface area (Å²) in [5.74, 6) is 0.306. The molecule has 1 aliphatic carbocycles. The summed E-state index contributed by atoms with van der Waals surface area (Å²) < 4.78 is 0. The normalized spacial score (nSPS) is 15.7. The van der Waals surface area contributed by atoms with Crippen LogP contribution in [0.1, 0.15) is 54.0 Å². The van der Waals surface area contributed by atoms with Crippen LogP contribution in [0.3, 0.4) is 0 Å². The Kier molecular flexibility index (Phi) is 2.44. The molecule has 0 bridgehead atoms. The van der Waals surface area contributed by atoms with E-state index >= 15 is 0 Å². The fourth-order valence-corrected chi connectivity index (χ4v) is 2.43. The van der Waals surface area contributed by atoms with Crippen molar-refractivity contribution in [2.45, 2.75) is 46.0 Å². The summed E-state index contributed by atoms with van der Waals surface area (Å²) in [4.78, 5) is 15.0. The van der Waals surface area contributed by atoms with E-state index in [1.807, 2.05) is 0 Å². The second kappa shape index (κ2) is 3.60. The third-order valence-corrected chi connectivity index (χ3v) is 3.12. The first kappa shape index (κ1) is 9.50. The third kappa shape index (κ3) is 1.29. The van der Waals surface area contributed by atoms with Crippen molar-refractivity contribution in [2.75, 3.05) is 0 Å². The van der Waals surface area contributed by atoms with Crippen LogP contribution in [0, 0.1) is 0 Å². The molecule has 0 fully saturated rings. The number of fused-ring (bicyclic) bond motifs is 1. The van der Waals surface area contributed by atoms with E-state index in [1.54, 1.807) is 0 Å². The van der Waals surface area contributed by atoms with E-state index in [2.05, 4.69) is 18.8 Å². The van der Waals surface area contributed by atoms with E-state index in [0.29, 0.717) is 5.78 Å². The van der Waals surface area contributed by atoms with Gasteiger partial charge in [0.1, 0.15) is 0 Å². The van der Waals surface area contributed by atoms with Crippen molar-refractivity contribution < 1.29 is 4.79 Å². The highest BCUT2D eigenvalue weighted by atomic mass is 16.1. The molecule has 1 aliphatic rings. The van der Waals surface area contributed by atoms with Gasteiger partial charge in [0.05, 0.1) is 5.69 Å². The molecular formula is C12H17NO. The molecule has 0 saturated heterocycles. The molecule has 2 rings (SSSR count). The van der Waals surface area contributed by atoms with Crippen molar-refractivity contribution in [3.63, 3.8) is 0 Å². The Bertz CT molecular complexity index is 363. The molecule has 0 radical (unpaired) electrons. The lowest BCUT2D eigenvalue weighted by Crippen LogP contribution is -2.10. The van der Waals surface area contributed by atoms with Crippen molar-refractivity contribution >= 4 is 5.78 Å². The zero-order valence-corrected chi connectivity index (χ0v) is 8.94. The zero-order chi connectivity index (χ0) is 10.1. The number of ketones is 1. The number of Topliss-reactive ketones (excluding diaryl/α,β-unsaturated/α-hetero) is 1. The molecule has 1 heterocycles. The van der Waals surface area contributed by atoms with E-state index in [1.165, 1.54) is 16.8 Å². The monoisotopic (exact) mass is 191 g/mol. The van der Waals surface area contributed by atoms with Gasteiger partial charge in [0.2, 0.25) is 0 Å². The Labute approximate surface area is 84.7 Å². The van der Waals surface area contributed by atoms with Gasteiger partial charge in [-0.1, -0.05) is 13.8 Å². The molecular weight excluding hydrogens is 174 g/mol. The Morgan fingerprint density at radius 3 is 2.64 bits per heavy atom. The quantitative estimate of drug-likeness (QED) is 0.766. The number of nitrogens with one attached hydrogen (secondary N) is 1. The van der Waals surface area contributed by atoms with Crippen LogP contribution < -0.4 is 0 Å².